The molecule has 0 spiro atoms. The molecule has 1 amide bonds. The van der Waals surface area contributed by atoms with Gasteiger partial charge in [-0.25, -0.2) is 0 Å². The average Bonchev–Trinajstić information content (AvgIpc) is 2.94. The van der Waals surface area contributed by atoms with E-state index in [4.69, 9.17) is 5.73 Å². The third-order valence-electron chi connectivity index (χ3n) is 2.98. The van der Waals surface area contributed by atoms with E-state index in [1.54, 1.807) is 0 Å². The monoisotopic (exact) mass is 168 g/mol. The van der Waals surface area contributed by atoms with Crippen LogP contribution < -0.4 is 11.1 Å². The van der Waals surface area contributed by atoms with Crippen LogP contribution in [0.25, 0.3) is 0 Å². The zero-order valence-corrected chi connectivity index (χ0v) is 7.31. The Morgan fingerprint density at radius 2 is 2.17 bits per heavy atom. The SMILES string of the molecule is NCC1(CNC(=O)C2CC2)CC1. The first-order valence-electron chi connectivity index (χ1n) is 4.74. The minimum Gasteiger partial charge on any atom is -0.355 e. The van der Waals surface area contributed by atoms with E-state index in [9.17, 15) is 4.79 Å². The van der Waals surface area contributed by atoms with Crippen molar-refractivity contribution in [2.75, 3.05) is 13.1 Å². The molecule has 0 bridgehead atoms. The number of hydrogen-bond donors (Lipinski definition) is 2. The van der Waals surface area contributed by atoms with E-state index in [-0.39, 0.29) is 11.3 Å². The van der Waals surface area contributed by atoms with Crippen molar-refractivity contribution < 1.29 is 4.79 Å². The Morgan fingerprint density at radius 1 is 1.50 bits per heavy atom. The lowest BCUT2D eigenvalue weighted by atomic mass is 10.1. The largest absolute Gasteiger partial charge is 0.355 e. The predicted octanol–water partition coefficient (Wildman–Crippen LogP) is 0.251. The molecule has 2 saturated carbocycles. The summed E-state index contributed by atoms with van der Waals surface area (Å²) in [5, 5.41) is 2.98. The van der Waals surface area contributed by atoms with E-state index in [1.165, 1.54) is 12.8 Å². The van der Waals surface area contributed by atoms with Gasteiger partial charge in [0.1, 0.15) is 0 Å². The molecule has 0 aliphatic heterocycles. The van der Waals surface area contributed by atoms with Crippen LogP contribution in [0.2, 0.25) is 0 Å². The van der Waals surface area contributed by atoms with Crippen LogP contribution in [-0.2, 0) is 4.79 Å². The van der Waals surface area contributed by atoms with Crippen LogP contribution >= 0.6 is 0 Å². The van der Waals surface area contributed by atoms with Crippen molar-refractivity contribution in [1.82, 2.24) is 5.32 Å². The van der Waals surface area contributed by atoms with Crippen molar-refractivity contribution in [1.29, 1.82) is 0 Å². The van der Waals surface area contributed by atoms with Crippen LogP contribution in [-0.4, -0.2) is 19.0 Å². The summed E-state index contributed by atoms with van der Waals surface area (Å²) in [6.45, 7) is 1.52. The highest BCUT2D eigenvalue weighted by Gasteiger charge is 2.42. The summed E-state index contributed by atoms with van der Waals surface area (Å²) in [7, 11) is 0. The molecule has 3 N–H and O–H groups in total. The summed E-state index contributed by atoms with van der Waals surface area (Å²) >= 11 is 0. The maximum Gasteiger partial charge on any atom is 0.223 e. The third-order valence-corrected chi connectivity index (χ3v) is 2.98. The number of carbonyl (C=O) groups excluding carboxylic acids is 1. The molecule has 2 aliphatic rings. The van der Waals surface area contributed by atoms with E-state index in [2.05, 4.69) is 5.32 Å². The number of amides is 1. The smallest absolute Gasteiger partial charge is 0.223 e. The van der Waals surface area contributed by atoms with E-state index in [0.717, 1.165) is 25.9 Å². The van der Waals surface area contributed by atoms with Crippen LogP contribution in [0.15, 0.2) is 0 Å². The zero-order valence-electron chi connectivity index (χ0n) is 7.31. The maximum absolute atomic E-state index is 11.2. The molecular weight excluding hydrogens is 152 g/mol. The topological polar surface area (TPSA) is 55.1 Å². The van der Waals surface area contributed by atoms with E-state index in [1.807, 2.05) is 0 Å². The number of nitrogens with one attached hydrogen (secondary N) is 1. The quantitative estimate of drug-likeness (QED) is 0.632. The predicted molar refractivity (Wildman–Crippen MR) is 46.5 cm³/mol. The Kier molecular flexibility index (Phi) is 1.83. The van der Waals surface area contributed by atoms with Gasteiger partial charge in [0.25, 0.3) is 0 Å². The summed E-state index contributed by atoms with van der Waals surface area (Å²) < 4.78 is 0. The van der Waals surface area contributed by atoms with Crippen molar-refractivity contribution in [2.24, 2.45) is 17.1 Å². The molecule has 0 unspecified atom stereocenters. The molecule has 0 aromatic heterocycles. The minimum atomic E-state index is 0.245. The van der Waals surface area contributed by atoms with Gasteiger partial charge >= 0.3 is 0 Å². The highest BCUT2D eigenvalue weighted by atomic mass is 16.2. The Balaban J connectivity index is 1.70. The Morgan fingerprint density at radius 3 is 2.58 bits per heavy atom. The van der Waals surface area contributed by atoms with Gasteiger partial charge < -0.3 is 11.1 Å². The van der Waals surface area contributed by atoms with Gasteiger partial charge in [-0.15, -0.1) is 0 Å². The molecule has 0 aromatic rings. The van der Waals surface area contributed by atoms with Crippen molar-refractivity contribution in [2.45, 2.75) is 25.7 Å². The van der Waals surface area contributed by atoms with Gasteiger partial charge in [-0.3, -0.25) is 4.79 Å². The molecule has 68 valence electrons. The molecule has 12 heavy (non-hydrogen) atoms. The van der Waals surface area contributed by atoms with Crippen LogP contribution in [0.4, 0.5) is 0 Å². The van der Waals surface area contributed by atoms with Gasteiger partial charge in [-0.05, 0) is 37.6 Å². The fraction of sp³-hybridized carbons (Fsp3) is 0.889. The number of rotatable bonds is 4. The molecule has 0 aromatic carbocycles. The summed E-state index contributed by atoms with van der Waals surface area (Å²) in [5.74, 6) is 0.577. The molecule has 2 fully saturated rings. The van der Waals surface area contributed by atoms with Crippen molar-refractivity contribution in [3.8, 4) is 0 Å². The van der Waals surface area contributed by atoms with Gasteiger partial charge in [-0.2, -0.15) is 0 Å². The van der Waals surface area contributed by atoms with Gasteiger partial charge in [0.2, 0.25) is 5.91 Å². The minimum absolute atomic E-state index is 0.245. The molecule has 0 radical (unpaired) electrons. The van der Waals surface area contributed by atoms with Crippen LogP contribution in [0.5, 0.6) is 0 Å². The van der Waals surface area contributed by atoms with Crippen LogP contribution in [0.1, 0.15) is 25.7 Å². The highest BCUT2D eigenvalue weighted by molar-refractivity contribution is 5.80. The van der Waals surface area contributed by atoms with Crippen LogP contribution in [0.3, 0.4) is 0 Å². The third kappa shape index (κ3) is 1.61. The number of nitrogens with two attached hydrogens (primary N) is 1. The molecule has 3 heteroatoms. The molecule has 0 saturated heterocycles. The lowest BCUT2D eigenvalue weighted by Gasteiger charge is -2.12. The van der Waals surface area contributed by atoms with Gasteiger partial charge in [-0.1, -0.05) is 0 Å². The Hall–Kier alpha value is -0.570. The number of hydrogen-bond acceptors (Lipinski definition) is 2. The molecule has 2 rings (SSSR count). The highest BCUT2D eigenvalue weighted by Crippen LogP contribution is 2.43. The van der Waals surface area contributed by atoms with E-state index < -0.39 is 0 Å². The fourth-order valence-electron chi connectivity index (χ4n) is 1.39. The van der Waals surface area contributed by atoms with Crippen molar-refractivity contribution in [3.05, 3.63) is 0 Å². The normalized spacial score (nSPS) is 25.1. The lowest BCUT2D eigenvalue weighted by Crippen LogP contribution is -2.34. The van der Waals surface area contributed by atoms with Crippen LogP contribution in [0, 0.1) is 11.3 Å². The van der Waals surface area contributed by atoms with Gasteiger partial charge in [0, 0.05) is 12.5 Å². The first kappa shape index (κ1) is 8.05. The summed E-state index contributed by atoms with van der Waals surface area (Å²) in [5.41, 5.74) is 5.88. The second-order valence-electron chi connectivity index (χ2n) is 4.20. The van der Waals surface area contributed by atoms with Gasteiger partial charge in [0.15, 0.2) is 0 Å². The molecule has 0 atom stereocenters. The van der Waals surface area contributed by atoms with E-state index >= 15 is 0 Å². The summed E-state index contributed by atoms with van der Waals surface area (Å²) in [4.78, 5) is 11.2. The first-order valence-corrected chi connectivity index (χ1v) is 4.74. The maximum atomic E-state index is 11.2. The van der Waals surface area contributed by atoms with Gasteiger partial charge in [0.05, 0.1) is 0 Å². The molecule has 2 aliphatic carbocycles. The number of carbonyl (C=O) groups is 1. The average molecular weight is 168 g/mol. The summed E-state index contributed by atoms with van der Waals surface area (Å²) in [6, 6.07) is 0. The van der Waals surface area contributed by atoms with E-state index in [0.29, 0.717) is 5.92 Å². The van der Waals surface area contributed by atoms with Crippen molar-refractivity contribution >= 4 is 5.91 Å². The first-order chi connectivity index (χ1) is 5.76. The second kappa shape index (κ2) is 2.73. The lowest BCUT2D eigenvalue weighted by molar-refractivity contribution is -0.122. The fourth-order valence-corrected chi connectivity index (χ4v) is 1.39. The summed E-state index contributed by atoms with van der Waals surface area (Å²) in [6.07, 6.45) is 4.55. The standard InChI is InChI=1S/C9H16N2O/c10-5-9(3-4-9)6-11-8(12)7-1-2-7/h7H,1-6,10H2,(H,11,12). The zero-order chi connectivity index (χ0) is 8.60. The molecule has 3 nitrogen and oxygen atoms in total. The Bertz CT molecular complexity index is 195. The molecular formula is C9H16N2O. The van der Waals surface area contributed by atoms with Crippen molar-refractivity contribution in [3.63, 3.8) is 0 Å². The Labute approximate surface area is 72.7 Å². The molecule has 0 heterocycles. The second-order valence-corrected chi connectivity index (χ2v) is 4.20.